The topological polar surface area (TPSA) is 72.5 Å². The summed E-state index contributed by atoms with van der Waals surface area (Å²) < 4.78 is 17.7. The monoisotopic (exact) mass is 349 g/mol. The van der Waals surface area contributed by atoms with Crippen molar-refractivity contribution in [2.24, 2.45) is 5.92 Å². The first-order valence-electron chi connectivity index (χ1n) is 8.68. The molecule has 0 bridgehead atoms. The molecular weight excluding hydrogens is 325 g/mol. The van der Waals surface area contributed by atoms with E-state index in [-0.39, 0.29) is 37.2 Å². The molecule has 1 amide bonds. The normalized spacial score (nSPS) is 19.9. The number of ether oxygens (including phenoxy) is 1. The van der Waals surface area contributed by atoms with Crippen LogP contribution in [0, 0.1) is 11.7 Å². The third-order valence-corrected chi connectivity index (χ3v) is 4.47. The first-order chi connectivity index (χ1) is 11.9. The number of ketones is 1. The summed E-state index contributed by atoms with van der Waals surface area (Å²) in [4.78, 5) is 35.3. The van der Waals surface area contributed by atoms with Gasteiger partial charge in [-0.1, -0.05) is 6.92 Å². The molecule has 6 heteroatoms. The summed E-state index contributed by atoms with van der Waals surface area (Å²) >= 11 is 0. The van der Waals surface area contributed by atoms with E-state index in [1.807, 2.05) is 0 Å². The summed E-state index contributed by atoms with van der Waals surface area (Å²) in [6, 6.07) is 5.30. The number of halogens is 1. The van der Waals surface area contributed by atoms with E-state index in [2.05, 4.69) is 12.2 Å². The van der Waals surface area contributed by atoms with E-state index in [0.717, 1.165) is 25.7 Å². The quantitative estimate of drug-likeness (QED) is 0.607. The molecule has 0 saturated heterocycles. The number of benzene rings is 1. The van der Waals surface area contributed by atoms with Gasteiger partial charge in [-0.15, -0.1) is 0 Å². The van der Waals surface area contributed by atoms with Gasteiger partial charge < -0.3 is 10.1 Å². The Kier molecular flexibility index (Phi) is 7.10. The minimum absolute atomic E-state index is 0.0351. The zero-order chi connectivity index (χ0) is 18.2. The zero-order valence-electron chi connectivity index (χ0n) is 14.4. The van der Waals surface area contributed by atoms with Crippen LogP contribution in [-0.4, -0.2) is 30.3 Å². The summed E-state index contributed by atoms with van der Waals surface area (Å²) in [6.45, 7) is 1.88. The van der Waals surface area contributed by atoms with Crippen molar-refractivity contribution in [3.63, 3.8) is 0 Å². The summed E-state index contributed by atoms with van der Waals surface area (Å²) in [5.41, 5.74) is 0.346. The third-order valence-electron chi connectivity index (χ3n) is 4.47. The first-order valence-corrected chi connectivity index (χ1v) is 8.68. The number of Topliss-reactive ketones (excluding diaryl/α,β-unsaturated/α-hetero) is 1. The van der Waals surface area contributed by atoms with Crippen molar-refractivity contribution >= 4 is 17.7 Å². The molecule has 1 aromatic rings. The van der Waals surface area contributed by atoms with Gasteiger partial charge in [-0.2, -0.15) is 0 Å². The van der Waals surface area contributed by atoms with Gasteiger partial charge in [0.25, 0.3) is 5.91 Å². The summed E-state index contributed by atoms with van der Waals surface area (Å²) in [5.74, 6) is -0.891. The first kappa shape index (κ1) is 19.1. The second-order valence-electron chi connectivity index (χ2n) is 6.62. The molecule has 0 unspecified atom stereocenters. The van der Waals surface area contributed by atoms with Gasteiger partial charge in [0, 0.05) is 18.0 Å². The van der Waals surface area contributed by atoms with E-state index in [1.54, 1.807) is 0 Å². The average molecular weight is 349 g/mol. The lowest BCUT2D eigenvalue weighted by Crippen LogP contribution is -2.39. The van der Waals surface area contributed by atoms with Crippen LogP contribution in [0.25, 0.3) is 0 Å². The maximum atomic E-state index is 12.8. The van der Waals surface area contributed by atoms with E-state index in [1.165, 1.54) is 24.3 Å². The Hall–Kier alpha value is -2.24. The van der Waals surface area contributed by atoms with Crippen LogP contribution in [0.5, 0.6) is 0 Å². The van der Waals surface area contributed by atoms with Crippen molar-refractivity contribution in [3.8, 4) is 0 Å². The highest BCUT2D eigenvalue weighted by molar-refractivity contribution is 5.97. The number of hydrogen-bond acceptors (Lipinski definition) is 4. The van der Waals surface area contributed by atoms with Gasteiger partial charge in [0.15, 0.2) is 12.4 Å². The third kappa shape index (κ3) is 6.64. The molecule has 1 aliphatic carbocycles. The van der Waals surface area contributed by atoms with Gasteiger partial charge in [0.2, 0.25) is 0 Å². The van der Waals surface area contributed by atoms with Crippen LogP contribution in [0.15, 0.2) is 24.3 Å². The molecule has 0 aromatic heterocycles. The molecule has 1 saturated carbocycles. The van der Waals surface area contributed by atoms with Crippen LogP contribution in [-0.2, 0) is 14.3 Å². The number of rotatable bonds is 7. The molecule has 25 heavy (non-hydrogen) atoms. The molecule has 1 aliphatic rings. The van der Waals surface area contributed by atoms with Crippen molar-refractivity contribution in [1.29, 1.82) is 0 Å². The van der Waals surface area contributed by atoms with Crippen LogP contribution < -0.4 is 5.32 Å². The molecule has 0 aliphatic heterocycles. The number of carbonyl (C=O) groups is 3. The molecule has 5 nitrogen and oxygen atoms in total. The SMILES string of the molecule is CC1CCC(NC(=O)COC(=O)CCC(=O)c2ccc(F)cc2)CC1. The summed E-state index contributed by atoms with van der Waals surface area (Å²) in [6.07, 6.45) is 3.95. The van der Waals surface area contributed by atoms with Crippen LogP contribution >= 0.6 is 0 Å². The standard InChI is InChI=1S/C19H24FNO4/c1-13-2-8-16(9-3-13)21-18(23)12-25-19(24)11-10-17(22)14-4-6-15(20)7-5-14/h4-7,13,16H,2-3,8-12H2,1H3,(H,21,23). The Morgan fingerprint density at radius 3 is 2.36 bits per heavy atom. The lowest BCUT2D eigenvalue weighted by atomic mass is 9.87. The second-order valence-corrected chi connectivity index (χ2v) is 6.62. The predicted octanol–water partition coefficient (Wildman–Crippen LogP) is 3.03. The zero-order valence-corrected chi connectivity index (χ0v) is 14.4. The van der Waals surface area contributed by atoms with Gasteiger partial charge >= 0.3 is 5.97 Å². The molecule has 1 N–H and O–H groups in total. The molecule has 0 heterocycles. The van der Waals surface area contributed by atoms with E-state index in [9.17, 15) is 18.8 Å². The summed E-state index contributed by atoms with van der Waals surface area (Å²) in [7, 11) is 0. The fourth-order valence-electron chi connectivity index (χ4n) is 2.89. The predicted molar refractivity (Wildman–Crippen MR) is 90.5 cm³/mol. The number of esters is 1. The lowest BCUT2D eigenvalue weighted by molar-refractivity contribution is -0.148. The van der Waals surface area contributed by atoms with Gasteiger partial charge in [0.1, 0.15) is 5.82 Å². The van der Waals surface area contributed by atoms with Crippen LogP contribution in [0.3, 0.4) is 0 Å². The Morgan fingerprint density at radius 2 is 1.72 bits per heavy atom. The number of amides is 1. The Labute approximate surface area is 146 Å². The van der Waals surface area contributed by atoms with Gasteiger partial charge in [-0.05, 0) is 55.9 Å². The number of nitrogens with one attached hydrogen (secondary N) is 1. The fourth-order valence-corrected chi connectivity index (χ4v) is 2.89. The van der Waals surface area contributed by atoms with E-state index in [4.69, 9.17) is 4.74 Å². The highest BCUT2D eigenvalue weighted by atomic mass is 19.1. The molecule has 136 valence electrons. The average Bonchev–Trinajstić information content (AvgIpc) is 2.60. The van der Waals surface area contributed by atoms with Gasteiger partial charge in [-0.3, -0.25) is 14.4 Å². The summed E-state index contributed by atoms with van der Waals surface area (Å²) in [5, 5.41) is 2.87. The number of hydrogen-bond donors (Lipinski definition) is 1. The molecule has 1 fully saturated rings. The molecular formula is C19H24FNO4. The van der Waals surface area contributed by atoms with Crippen molar-refractivity contribution in [1.82, 2.24) is 5.32 Å². The molecule has 0 spiro atoms. The molecule has 1 aromatic carbocycles. The smallest absolute Gasteiger partial charge is 0.306 e. The van der Waals surface area contributed by atoms with E-state index in [0.29, 0.717) is 11.5 Å². The largest absolute Gasteiger partial charge is 0.456 e. The van der Waals surface area contributed by atoms with E-state index < -0.39 is 11.8 Å². The minimum Gasteiger partial charge on any atom is -0.456 e. The maximum absolute atomic E-state index is 12.8. The van der Waals surface area contributed by atoms with Crippen molar-refractivity contribution in [2.75, 3.05) is 6.61 Å². The fraction of sp³-hybridized carbons (Fsp3) is 0.526. The van der Waals surface area contributed by atoms with Gasteiger partial charge in [-0.25, -0.2) is 4.39 Å². The van der Waals surface area contributed by atoms with Crippen LogP contribution in [0.4, 0.5) is 4.39 Å². The molecule has 2 rings (SSSR count). The van der Waals surface area contributed by atoms with Crippen molar-refractivity contribution < 1.29 is 23.5 Å². The maximum Gasteiger partial charge on any atom is 0.306 e. The number of carbonyl (C=O) groups excluding carboxylic acids is 3. The van der Waals surface area contributed by atoms with E-state index >= 15 is 0 Å². The van der Waals surface area contributed by atoms with Crippen LogP contribution in [0.2, 0.25) is 0 Å². The van der Waals surface area contributed by atoms with Gasteiger partial charge in [0.05, 0.1) is 6.42 Å². The van der Waals surface area contributed by atoms with Crippen molar-refractivity contribution in [2.45, 2.75) is 51.5 Å². The molecule has 0 radical (unpaired) electrons. The highest BCUT2D eigenvalue weighted by Crippen LogP contribution is 2.23. The van der Waals surface area contributed by atoms with Crippen molar-refractivity contribution in [3.05, 3.63) is 35.6 Å². The Bertz CT molecular complexity index is 606. The lowest BCUT2D eigenvalue weighted by Gasteiger charge is -2.26. The Morgan fingerprint density at radius 1 is 1.08 bits per heavy atom. The minimum atomic E-state index is -0.595. The van der Waals surface area contributed by atoms with Crippen LogP contribution in [0.1, 0.15) is 55.8 Å². The Balaban J connectivity index is 1.64. The second kappa shape index (κ2) is 9.30. The highest BCUT2D eigenvalue weighted by Gasteiger charge is 2.20. The molecule has 0 atom stereocenters.